The summed E-state index contributed by atoms with van der Waals surface area (Å²) in [7, 11) is 0. The van der Waals surface area contributed by atoms with Crippen molar-refractivity contribution in [1.29, 1.82) is 0 Å². The molecule has 0 spiro atoms. The zero-order valence-corrected chi connectivity index (χ0v) is 10.7. The summed E-state index contributed by atoms with van der Waals surface area (Å²) in [6.07, 6.45) is 3.62. The zero-order chi connectivity index (χ0) is 12.4. The van der Waals surface area contributed by atoms with Crippen LogP contribution in [-0.4, -0.2) is 4.98 Å². The molecule has 1 aromatic heterocycles. The van der Waals surface area contributed by atoms with Crippen LogP contribution in [0.5, 0.6) is 0 Å². The molecule has 3 heteroatoms. The van der Waals surface area contributed by atoms with E-state index in [1.54, 1.807) is 6.20 Å². The molecular formula is C14H15ClN2. The predicted molar refractivity (Wildman–Crippen MR) is 71.2 cm³/mol. The van der Waals surface area contributed by atoms with E-state index in [2.05, 4.69) is 11.1 Å². The van der Waals surface area contributed by atoms with E-state index in [1.165, 1.54) is 0 Å². The van der Waals surface area contributed by atoms with Crippen molar-refractivity contribution in [3.63, 3.8) is 0 Å². The first kappa shape index (κ1) is 12.1. The fourth-order valence-corrected chi connectivity index (χ4v) is 2.18. The minimum absolute atomic E-state index is 0.181. The molecule has 2 nitrogen and oxygen atoms in total. The van der Waals surface area contributed by atoms with Crippen molar-refractivity contribution < 1.29 is 0 Å². The van der Waals surface area contributed by atoms with Gasteiger partial charge in [0.25, 0.3) is 0 Å². The van der Waals surface area contributed by atoms with E-state index in [0.717, 1.165) is 27.3 Å². The lowest BCUT2D eigenvalue weighted by molar-refractivity contribution is 0.859. The van der Waals surface area contributed by atoms with Crippen LogP contribution >= 0.6 is 11.6 Å². The summed E-state index contributed by atoms with van der Waals surface area (Å²) in [4.78, 5) is 4.16. The lowest BCUT2D eigenvalue weighted by atomic mass is 9.99. The number of rotatable bonds is 2. The number of benzene rings is 1. The van der Waals surface area contributed by atoms with Gasteiger partial charge >= 0.3 is 0 Å². The number of aryl methyl sites for hydroxylation is 2. The monoisotopic (exact) mass is 246 g/mol. The largest absolute Gasteiger partial charge is 0.320 e. The molecule has 1 heterocycles. The van der Waals surface area contributed by atoms with Gasteiger partial charge < -0.3 is 5.73 Å². The molecule has 0 saturated carbocycles. The Morgan fingerprint density at radius 2 is 1.71 bits per heavy atom. The Labute approximate surface area is 106 Å². The van der Waals surface area contributed by atoms with E-state index in [-0.39, 0.29) is 6.04 Å². The summed E-state index contributed by atoms with van der Waals surface area (Å²) in [5, 5.41) is 0.719. The van der Waals surface area contributed by atoms with Crippen molar-refractivity contribution >= 4 is 11.6 Å². The van der Waals surface area contributed by atoms with Gasteiger partial charge in [0.15, 0.2) is 0 Å². The Balaban J connectivity index is 2.39. The van der Waals surface area contributed by atoms with Crippen LogP contribution in [0.4, 0.5) is 0 Å². The summed E-state index contributed by atoms with van der Waals surface area (Å²) in [5.74, 6) is 0. The van der Waals surface area contributed by atoms with Gasteiger partial charge in [0.1, 0.15) is 0 Å². The van der Waals surface area contributed by atoms with Gasteiger partial charge in [-0.3, -0.25) is 4.98 Å². The maximum absolute atomic E-state index is 6.22. The van der Waals surface area contributed by atoms with Gasteiger partial charge in [0.2, 0.25) is 0 Å². The van der Waals surface area contributed by atoms with Gasteiger partial charge in [-0.15, -0.1) is 0 Å². The quantitative estimate of drug-likeness (QED) is 0.882. The predicted octanol–water partition coefficient (Wildman–Crippen LogP) is 3.40. The Morgan fingerprint density at radius 3 is 2.35 bits per heavy atom. The molecule has 1 atom stereocenters. The van der Waals surface area contributed by atoms with Gasteiger partial charge in [-0.25, -0.2) is 0 Å². The highest BCUT2D eigenvalue weighted by molar-refractivity contribution is 6.30. The molecule has 0 fully saturated rings. The van der Waals surface area contributed by atoms with Crippen LogP contribution in [0.25, 0.3) is 0 Å². The number of pyridine rings is 1. The Kier molecular flexibility index (Phi) is 3.46. The Morgan fingerprint density at radius 1 is 1.00 bits per heavy atom. The molecule has 17 heavy (non-hydrogen) atoms. The Bertz CT molecular complexity index is 517. The first-order chi connectivity index (χ1) is 8.06. The summed E-state index contributed by atoms with van der Waals surface area (Å²) in [6, 6.07) is 7.75. The maximum atomic E-state index is 6.22. The highest BCUT2D eigenvalue weighted by atomic mass is 35.5. The number of hydrogen-bond donors (Lipinski definition) is 1. The van der Waals surface area contributed by atoms with E-state index in [9.17, 15) is 0 Å². The summed E-state index contributed by atoms with van der Waals surface area (Å²) in [5.41, 5.74) is 10.5. The standard InChI is InChI=1S/C14H15ClN2/c1-9-3-11(6-13(15)5-9)14(16)12-4-10(2)7-17-8-12/h3-8,14H,16H2,1-2H3. The fraction of sp³-hybridized carbons (Fsp3) is 0.214. The first-order valence-corrected chi connectivity index (χ1v) is 5.88. The van der Waals surface area contributed by atoms with Crippen LogP contribution in [0, 0.1) is 13.8 Å². The molecule has 0 bridgehead atoms. The topological polar surface area (TPSA) is 38.9 Å². The van der Waals surface area contributed by atoms with E-state index < -0.39 is 0 Å². The van der Waals surface area contributed by atoms with Crippen LogP contribution in [0.1, 0.15) is 28.3 Å². The summed E-state index contributed by atoms with van der Waals surface area (Å²) < 4.78 is 0. The Hall–Kier alpha value is -1.38. The van der Waals surface area contributed by atoms with Gasteiger partial charge in [-0.1, -0.05) is 23.7 Å². The second kappa shape index (κ2) is 4.86. The zero-order valence-electron chi connectivity index (χ0n) is 9.94. The van der Waals surface area contributed by atoms with Crippen LogP contribution in [0.2, 0.25) is 5.02 Å². The normalized spacial score (nSPS) is 12.5. The number of nitrogens with two attached hydrogens (primary N) is 1. The lowest BCUT2D eigenvalue weighted by Crippen LogP contribution is -2.12. The third-order valence-electron chi connectivity index (χ3n) is 2.68. The first-order valence-electron chi connectivity index (χ1n) is 5.50. The van der Waals surface area contributed by atoms with Crippen molar-refractivity contribution in [1.82, 2.24) is 4.98 Å². The average Bonchev–Trinajstić information content (AvgIpc) is 2.26. The van der Waals surface area contributed by atoms with Crippen molar-refractivity contribution in [2.24, 2.45) is 5.73 Å². The second-order valence-corrected chi connectivity index (χ2v) is 4.77. The molecule has 0 aliphatic rings. The molecular weight excluding hydrogens is 232 g/mol. The smallest absolute Gasteiger partial charge is 0.0567 e. The molecule has 0 radical (unpaired) electrons. The number of nitrogens with zero attached hydrogens (tertiary/aromatic N) is 1. The molecule has 0 aliphatic heterocycles. The number of hydrogen-bond acceptors (Lipinski definition) is 2. The van der Waals surface area contributed by atoms with E-state index in [4.69, 9.17) is 17.3 Å². The summed E-state index contributed by atoms with van der Waals surface area (Å²) in [6.45, 7) is 4.02. The molecule has 1 unspecified atom stereocenters. The number of halogens is 1. The van der Waals surface area contributed by atoms with E-state index in [0.29, 0.717) is 0 Å². The average molecular weight is 247 g/mol. The minimum Gasteiger partial charge on any atom is -0.320 e. The molecule has 2 rings (SSSR count). The third-order valence-corrected chi connectivity index (χ3v) is 2.90. The molecule has 1 aromatic carbocycles. The minimum atomic E-state index is -0.181. The molecule has 0 aliphatic carbocycles. The highest BCUT2D eigenvalue weighted by Crippen LogP contribution is 2.23. The SMILES string of the molecule is Cc1cncc(C(N)c2cc(C)cc(Cl)c2)c1. The molecule has 88 valence electrons. The van der Waals surface area contributed by atoms with Crippen LogP contribution in [0.15, 0.2) is 36.7 Å². The van der Waals surface area contributed by atoms with E-state index >= 15 is 0 Å². The van der Waals surface area contributed by atoms with Crippen LogP contribution in [-0.2, 0) is 0 Å². The van der Waals surface area contributed by atoms with Crippen molar-refractivity contribution in [2.45, 2.75) is 19.9 Å². The van der Waals surface area contributed by atoms with Crippen molar-refractivity contribution in [3.05, 3.63) is 63.9 Å². The second-order valence-electron chi connectivity index (χ2n) is 4.34. The number of aromatic nitrogens is 1. The molecule has 2 aromatic rings. The van der Waals surface area contributed by atoms with Crippen LogP contribution < -0.4 is 5.73 Å². The summed E-state index contributed by atoms with van der Waals surface area (Å²) >= 11 is 6.04. The van der Waals surface area contributed by atoms with E-state index in [1.807, 2.05) is 38.2 Å². The third kappa shape index (κ3) is 2.84. The van der Waals surface area contributed by atoms with Gasteiger partial charge in [0, 0.05) is 17.4 Å². The van der Waals surface area contributed by atoms with Gasteiger partial charge in [0.05, 0.1) is 6.04 Å². The lowest BCUT2D eigenvalue weighted by Gasteiger charge is -2.14. The van der Waals surface area contributed by atoms with Gasteiger partial charge in [-0.2, -0.15) is 0 Å². The van der Waals surface area contributed by atoms with Crippen molar-refractivity contribution in [3.8, 4) is 0 Å². The highest BCUT2D eigenvalue weighted by Gasteiger charge is 2.10. The maximum Gasteiger partial charge on any atom is 0.0567 e. The van der Waals surface area contributed by atoms with Crippen LogP contribution in [0.3, 0.4) is 0 Å². The molecule has 2 N–H and O–H groups in total. The van der Waals surface area contributed by atoms with Gasteiger partial charge in [-0.05, 0) is 48.2 Å². The molecule has 0 saturated heterocycles. The molecule has 0 amide bonds. The fourth-order valence-electron chi connectivity index (χ4n) is 1.89. The van der Waals surface area contributed by atoms with Crippen molar-refractivity contribution in [2.75, 3.05) is 0 Å².